The molecule has 0 bridgehead atoms. The molecule has 21 heavy (non-hydrogen) atoms. The van der Waals surface area contributed by atoms with Crippen LogP contribution in [0.15, 0.2) is 35.7 Å². The summed E-state index contributed by atoms with van der Waals surface area (Å²) in [5.74, 6) is 0.915. The molecule has 2 heterocycles. The fourth-order valence-electron chi connectivity index (χ4n) is 3.03. The quantitative estimate of drug-likeness (QED) is 0.757. The van der Waals surface area contributed by atoms with Crippen molar-refractivity contribution in [2.75, 3.05) is 5.32 Å². The molecule has 0 amide bonds. The second-order valence-corrected chi connectivity index (χ2v) is 6.54. The van der Waals surface area contributed by atoms with E-state index >= 15 is 0 Å². The number of fused-ring (bicyclic) bond motifs is 2. The van der Waals surface area contributed by atoms with Gasteiger partial charge in [0.25, 0.3) is 0 Å². The van der Waals surface area contributed by atoms with Crippen LogP contribution in [-0.2, 0) is 6.42 Å². The third-order valence-corrected chi connectivity index (χ3v) is 5.10. The zero-order valence-corrected chi connectivity index (χ0v) is 12.8. The van der Waals surface area contributed by atoms with Gasteiger partial charge in [-0.15, -0.1) is 11.3 Å². The van der Waals surface area contributed by atoms with Crippen molar-refractivity contribution in [3.05, 3.63) is 51.8 Å². The summed E-state index contributed by atoms with van der Waals surface area (Å²) in [6.45, 7) is 2.03. The lowest BCUT2D eigenvalue weighted by Gasteiger charge is -2.24. The Morgan fingerprint density at radius 3 is 2.81 bits per heavy atom. The van der Waals surface area contributed by atoms with Crippen LogP contribution in [0.2, 0.25) is 0 Å². The third kappa shape index (κ3) is 2.29. The van der Waals surface area contributed by atoms with Crippen molar-refractivity contribution in [1.29, 1.82) is 0 Å². The van der Waals surface area contributed by atoms with Crippen LogP contribution in [-0.4, -0.2) is 9.97 Å². The molecule has 0 saturated carbocycles. The van der Waals surface area contributed by atoms with Crippen LogP contribution >= 0.6 is 11.3 Å². The maximum Gasteiger partial charge on any atom is 0.148 e. The molecule has 1 atom stereocenters. The topological polar surface area (TPSA) is 37.8 Å². The van der Waals surface area contributed by atoms with E-state index in [1.807, 2.05) is 42.5 Å². The van der Waals surface area contributed by atoms with Crippen LogP contribution in [0.4, 0.5) is 5.82 Å². The highest BCUT2D eigenvalue weighted by molar-refractivity contribution is 7.10. The molecule has 0 radical (unpaired) electrons. The Balaban J connectivity index is 1.71. The Morgan fingerprint density at radius 2 is 1.95 bits per heavy atom. The molecular formula is C17H17N3S. The van der Waals surface area contributed by atoms with Gasteiger partial charge in [-0.25, -0.2) is 9.97 Å². The Bertz CT molecular complexity index is 794. The Morgan fingerprint density at radius 1 is 1.14 bits per heavy atom. The minimum absolute atomic E-state index is 0.370. The lowest BCUT2D eigenvalue weighted by Crippen LogP contribution is -2.17. The van der Waals surface area contributed by atoms with E-state index in [0.29, 0.717) is 6.04 Å². The van der Waals surface area contributed by atoms with Gasteiger partial charge < -0.3 is 5.32 Å². The molecule has 1 aliphatic carbocycles. The average Bonchev–Trinajstić information content (AvgIpc) is 2.97. The maximum absolute atomic E-state index is 4.76. The molecular weight excluding hydrogens is 278 g/mol. The lowest BCUT2D eigenvalue weighted by molar-refractivity contribution is 0.606. The molecule has 1 N–H and O–H groups in total. The van der Waals surface area contributed by atoms with Gasteiger partial charge in [0.05, 0.1) is 22.8 Å². The van der Waals surface area contributed by atoms with E-state index in [4.69, 9.17) is 4.98 Å². The monoisotopic (exact) mass is 295 g/mol. The van der Waals surface area contributed by atoms with Crippen LogP contribution in [0.3, 0.4) is 0 Å². The SMILES string of the molecule is Cc1nc2ccccc2nc1NC1CCCc2sccc21. The van der Waals surface area contributed by atoms with Gasteiger partial charge in [-0.05, 0) is 55.3 Å². The number of nitrogens with zero attached hydrogens (tertiary/aromatic N) is 2. The number of thiophene rings is 1. The number of hydrogen-bond donors (Lipinski definition) is 1. The molecule has 1 aliphatic rings. The van der Waals surface area contributed by atoms with Crippen molar-refractivity contribution in [2.45, 2.75) is 32.2 Å². The van der Waals surface area contributed by atoms with Gasteiger partial charge in [0.15, 0.2) is 0 Å². The summed E-state index contributed by atoms with van der Waals surface area (Å²) < 4.78 is 0. The molecule has 4 heteroatoms. The molecule has 0 saturated heterocycles. The Kier molecular flexibility index (Phi) is 3.11. The molecule has 0 aliphatic heterocycles. The van der Waals surface area contributed by atoms with Crippen molar-refractivity contribution in [3.63, 3.8) is 0 Å². The molecule has 106 valence electrons. The van der Waals surface area contributed by atoms with Crippen molar-refractivity contribution in [3.8, 4) is 0 Å². The van der Waals surface area contributed by atoms with Gasteiger partial charge in [0, 0.05) is 4.88 Å². The lowest BCUT2D eigenvalue weighted by atomic mass is 9.94. The highest BCUT2D eigenvalue weighted by Crippen LogP contribution is 2.35. The minimum Gasteiger partial charge on any atom is -0.362 e. The van der Waals surface area contributed by atoms with E-state index < -0.39 is 0 Å². The highest BCUT2D eigenvalue weighted by atomic mass is 32.1. The first-order chi connectivity index (χ1) is 10.3. The van der Waals surface area contributed by atoms with Gasteiger partial charge >= 0.3 is 0 Å². The molecule has 3 nitrogen and oxygen atoms in total. The van der Waals surface area contributed by atoms with E-state index in [1.165, 1.54) is 23.3 Å². The zero-order chi connectivity index (χ0) is 14.2. The fourth-order valence-corrected chi connectivity index (χ4v) is 4.01. The van der Waals surface area contributed by atoms with E-state index in [9.17, 15) is 0 Å². The summed E-state index contributed by atoms with van der Waals surface area (Å²) in [4.78, 5) is 10.9. The Hall–Kier alpha value is -1.94. The van der Waals surface area contributed by atoms with Crippen LogP contribution in [0.1, 0.15) is 35.0 Å². The van der Waals surface area contributed by atoms with Crippen LogP contribution < -0.4 is 5.32 Å². The zero-order valence-electron chi connectivity index (χ0n) is 12.0. The molecule has 2 aromatic heterocycles. The van der Waals surface area contributed by atoms with Gasteiger partial charge in [0.2, 0.25) is 0 Å². The van der Waals surface area contributed by atoms with E-state index in [2.05, 4.69) is 21.7 Å². The maximum atomic E-state index is 4.76. The van der Waals surface area contributed by atoms with Crippen molar-refractivity contribution < 1.29 is 0 Å². The first-order valence-electron chi connectivity index (χ1n) is 7.37. The number of aryl methyl sites for hydroxylation is 2. The summed E-state index contributed by atoms with van der Waals surface area (Å²) in [6.07, 6.45) is 3.62. The predicted octanol–water partition coefficient (Wildman–Crippen LogP) is 4.49. The summed E-state index contributed by atoms with van der Waals surface area (Å²) in [5.41, 5.74) is 4.32. The third-order valence-electron chi connectivity index (χ3n) is 4.11. The normalized spacial score (nSPS) is 17.7. The summed E-state index contributed by atoms with van der Waals surface area (Å²) >= 11 is 1.87. The van der Waals surface area contributed by atoms with Crippen LogP contribution in [0.25, 0.3) is 11.0 Å². The van der Waals surface area contributed by atoms with E-state index in [1.54, 1.807) is 0 Å². The molecule has 1 unspecified atom stereocenters. The number of hydrogen-bond acceptors (Lipinski definition) is 4. The van der Waals surface area contributed by atoms with Crippen molar-refractivity contribution in [2.24, 2.45) is 0 Å². The second kappa shape index (κ2) is 5.11. The summed E-state index contributed by atoms with van der Waals surface area (Å²) in [6, 6.07) is 10.7. The smallest absolute Gasteiger partial charge is 0.148 e. The van der Waals surface area contributed by atoms with Crippen LogP contribution in [0, 0.1) is 6.92 Å². The fraction of sp³-hybridized carbons (Fsp3) is 0.294. The highest BCUT2D eigenvalue weighted by Gasteiger charge is 2.22. The number of anilines is 1. The molecule has 1 aromatic carbocycles. The summed E-state index contributed by atoms with van der Waals surface area (Å²) in [5, 5.41) is 5.81. The average molecular weight is 295 g/mol. The molecule has 3 aromatic rings. The van der Waals surface area contributed by atoms with Gasteiger partial charge in [-0.1, -0.05) is 12.1 Å². The van der Waals surface area contributed by atoms with Gasteiger partial charge in [-0.2, -0.15) is 0 Å². The first-order valence-corrected chi connectivity index (χ1v) is 8.25. The predicted molar refractivity (Wildman–Crippen MR) is 87.9 cm³/mol. The van der Waals surface area contributed by atoms with Gasteiger partial charge in [0.1, 0.15) is 5.82 Å². The van der Waals surface area contributed by atoms with Crippen molar-refractivity contribution >= 4 is 28.2 Å². The standard InChI is InChI=1S/C17H17N3S/c1-11-17(20-15-6-3-2-5-14(15)18-11)19-13-7-4-8-16-12(13)9-10-21-16/h2-3,5-6,9-10,13H,4,7-8H2,1H3,(H,19,20). The number of nitrogens with one attached hydrogen (secondary N) is 1. The van der Waals surface area contributed by atoms with Gasteiger partial charge in [-0.3, -0.25) is 0 Å². The van der Waals surface area contributed by atoms with E-state index in [0.717, 1.165) is 29.0 Å². The summed E-state index contributed by atoms with van der Waals surface area (Å²) in [7, 11) is 0. The van der Waals surface area contributed by atoms with E-state index in [-0.39, 0.29) is 0 Å². The van der Waals surface area contributed by atoms with Crippen molar-refractivity contribution in [1.82, 2.24) is 9.97 Å². The number of para-hydroxylation sites is 2. The largest absolute Gasteiger partial charge is 0.362 e. The Labute approximate surface area is 128 Å². The molecule has 4 rings (SSSR count). The van der Waals surface area contributed by atoms with Crippen LogP contribution in [0.5, 0.6) is 0 Å². The second-order valence-electron chi connectivity index (χ2n) is 5.53. The molecule has 0 fully saturated rings. The number of rotatable bonds is 2. The molecule has 0 spiro atoms. The number of aromatic nitrogens is 2. The minimum atomic E-state index is 0.370. The number of benzene rings is 1. The first kappa shape index (κ1) is 12.8.